The van der Waals surface area contributed by atoms with Crippen molar-refractivity contribution in [2.75, 3.05) is 11.4 Å². The highest BCUT2D eigenvalue weighted by atomic mass is 16.2. The lowest BCUT2D eigenvalue weighted by Gasteiger charge is -2.33. The Morgan fingerprint density at radius 3 is 2.40 bits per heavy atom. The minimum atomic E-state index is -0.297. The molecule has 0 bridgehead atoms. The van der Waals surface area contributed by atoms with Crippen molar-refractivity contribution in [1.82, 2.24) is 18.7 Å². The maximum atomic E-state index is 13.4. The van der Waals surface area contributed by atoms with Gasteiger partial charge in [0.25, 0.3) is 5.56 Å². The molecule has 0 amide bonds. The van der Waals surface area contributed by atoms with Crippen molar-refractivity contribution in [3.05, 3.63) is 50.2 Å². The van der Waals surface area contributed by atoms with E-state index in [1.807, 2.05) is 4.57 Å². The molecule has 0 saturated heterocycles. The van der Waals surface area contributed by atoms with Gasteiger partial charge >= 0.3 is 5.69 Å². The Labute approximate surface area is 176 Å². The van der Waals surface area contributed by atoms with E-state index in [1.54, 1.807) is 7.05 Å². The van der Waals surface area contributed by atoms with E-state index in [2.05, 4.69) is 57.7 Å². The highest BCUT2D eigenvalue weighted by Gasteiger charge is 2.30. The molecule has 1 aliphatic heterocycles. The lowest BCUT2D eigenvalue weighted by atomic mass is 10.1. The van der Waals surface area contributed by atoms with Gasteiger partial charge in [-0.15, -0.1) is 0 Å². The fraction of sp³-hybridized carbons (Fsp3) is 0.522. The molecule has 7 nitrogen and oxygen atoms in total. The predicted molar refractivity (Wildman–Crippen MR) is 121 cm³/mol. The molecule has 1 aliphatic rings. The van der Waals surface area contributed by atoms with E-state index in [4.69, 9.17) is 4.98 Å². The monoisotopic (exact) mass is 409 g/mol. The van der Waals surface area contributed by atoms with Crippen LogP contribution in [0.4, 0.5) is 11.6 Å². The van der Waals surface area contributed by atoms with Crippen LogP contribution in [0.15, 0.2) is 27.8 Å². The normalized spacial score (nSPS) is 16.5. The van der Waals surface area contributed by atoms with Crippen LogP contribution in [-0.4, -0.2) is 25.2 Å². The average molecular weight is 410 g/mol. The lowest BCUT2D eigenvalue weighted by Crippen LogP contribution is -2.40. The van der Waals surface area contributed by atoms with Crippen molar-refractivity contribution in [2.45, 2.75) is 54.1 Å². The van der Waals surface area contributed by atoms with Crippen LogP contribution in [0.1, 0.15) is 38.3 Å². The predicted octanol–water partition coefficient (Wildman–Crippen LogP) is 3.35. The third kappa shape index (κ3) is 3.36. The van der Waals surface area contributed by atoms with Gasteiger partial charge in [-0.3, -0.25) is 13.9 Å². The zero-order valence-electron chi connectivity index (χ0n) is 18.8. The first-order valence-electron chi connectivity index (χ1n) is 10.7. The zero-order chi connectivity index (χ0) is 21.7. The summed E-state index contributed by atoms with van der Waals surface area (Å²) >= 11 is 0. The van der Waals surface area contributed by atoms with E-state index >= 15 is 0 Å². The molecule has 1 unspecified atom stereocenters. The number of imidazole rings is 1. The third-order valence-electron chi connectivity index (χ3n) is 5.89. The molecular formula is C23H31N5O2. The van der Waals surface area contributed by atoms with E-state index in [0.717, 1.165) is 24.6 Å². The van der Waals surface area contributed by atoms with E-state index in [0.29, 0.717) is 36.1 Å². The first-order valence-corrected chi connectivity index (χ1v) is 10.7. The van der Waals surface area contributed by atoms with Gasteiger partial charge < -0.3 is 9.47 Å². The van der Waals surface area contributed by atoms with Crippen molar-refractivity contribution >= 4 is 22.8 Å². The zero-order valence-corrected chi connectivity index (χ0v) is 18.8. The highest BCUT2D eigenvalue weighted by Crippen LogP contribution is 2.33. The summed E-state index contributed by atoms with van der Waals surface area (Å²) in [6, 6.07) is 6.44. The quantitative estimate of drug-likeness (QED) is 0.663. The summed E-state index contributed by atoms with van der Waals surface area (Å²) in [5.74, 6) is 1.50. The van der Waals surface area contributed by atoms with Crippen LogP contribution in [0.2, 0.25) is 0 Å². The van der Waals surface area contributed by atoms with Gasteiger partial charge in [0, 0.05) is 32.4 Å². The van der Waals surface area contributed by atoms with Gasteiger partial charge in [-0.1, -0.05) is 26.8 Å². The summed E-state index contributed by atoms with van der Waals surface area (Å²) in [5, 5.41) is 0. The second-order valence-corrected chi connectivity index (χ2v) is 9.24. The molecule has 0 fully saturated rings. The topological polar surface area (TPSA) is 65.1 Å². The van der Waals surface area contributed by atoms with E-state index in [-0.39, 0.29) is 11.2 Å². The summed E-state index contributed by atoms with van der Waals surface area (Å²) in [4.78, 5) is 33.3. The number of hydrogen-bond acceptors (Lipinski definition) is 4. The maximum absolute atomic E-state index is 13.4. The van der Waals surface area contributed by atoms with Crippen LogP contribution >= 0.6 is 0 Å². The Morgan fingerprint density at radius 2 is 1.77 bits per heavy atom. The van der Waals surface area contributed by atoms with Crippen molar-refractivity contribution in [2.24, 2.45) is 18.9 Å². The molecule has 2 aromatic heterocycles. The number of hydrogen-bond donors (Lipinski definition) is 0. The van der Waals surface area contributed by atoms with Crippen LogP contribution in [0.25, 0.3) is 11.2 Å². The molecule has 0 aliphatic carbocycles. The second kappa shape index (κ2) is 7.45. The third-order valence-corrected chi connectivity index (χ3v) is 5.89. The molecule has 3 heterocycles. The van der Waals surface area contributed by atoms with Crippen molar-refractivity contribution < 1.29 is 0 Å². The SMILES string of the molecule is Cc1cc(C)cc(N2CC(C)Cn3c2nc2c3c(=O)n(CCC(C)C)c(=O)n2C)c1. The molecule has 0 N–H and O–H groups in total. The van der Waals surface area contributed by atoms with Gasteiger partial charge in [-0.2, -0.15) is 4.98 Å². The molecule has 1 aromatic carbocycles. The molecular weight excluding hydrogens is 378 g/mol. The second-order valence-electron chi connectivity index (χ2n) is 9.24. The average Bonchev–Trinajstić information content (AvgIpc) is 3.04. The molecule has 0 spiro atoms. The van der Waals surface area contributed by atoms with Crippen molar-refractivity contribution in [3.8, 4) is 0 Å². The molecule has 7 heteroatoms. The molecule has 1 atom stereocenters. The summed E-state index contributed by atoms with van der Waals surface area (Å²) in [6.07, 6.45) is 0.784. The number of fused-ring (bicyclic) bond motifs is 3. The number of nitrogens with zero attached hydrogens (tertiary/aromatic N) is 5. The van der Waals surface area contributed by atoms with Gasteiger partial charge in [-0.05, 0) is 55.4 Å². The van der Waals surface area contributed by atoms with E-state index < -0.39 is 0 Å². The van der Waals surface area contributed by atoms with Crippen LogP contribution in [-0.2, 0) is 20.1 Å². The Kier molecular flexibility index (Phi) is 5.08. The molecule has 160 valence electrons. The minimum Gasteiger partial charge on any atom is -0.312 e. The first-order chi connectivity index (χ1) is 14.2. The number of benzene rings is 1. The molecule has 4 rings (SSSR count). The van der Waals surface area contributed by atoms with Crippen LogP contribution in [0, 0.1) is 25.7 Å². The van der Waals surface area contributed by atoms with E-state index in [9.17, 15) is 9.59 Å². The van der Waals surface area contributed by atoms with Gasteiger partial charge in [0.15, 0.2) is 11.2 Å². The highest BCUT2D eigenvalue weighted by molar-refractivity contribution is 5.77. The Balaban J connectivity index is 1.96. The summed E-state index contributed by atoms with van der Waals surface area (Å²) < 4.78 is 4.90. The Bertz CT molecular complexity index is 1210. The maximum Gasteiger partial charge on any atom is 0.332 e. The lowest BCUT2D eigenvalue weighted by molar-refractivity contribution is 0.455. The van der Waals surface area contributed by atoms with E-state index in [1.165, 1.54) is 20.3 Å². The van der Waals surface area contributed by atoms with Crippen molar-refractivity contribution in [3.63, 3.8) is 0 Å². The number of aromatic nitrogens is 4. The fourth-order valence-corrected chi connectivity index (χ4v) is 4.41. The van der Waals surface area contributed by atoms with Gasteiger partial charge in [0.1, 0.15) is 0 Å². The van der Waals surface area contributed by atoms with Crippen molar-refractivity contribution in [1.29, 1.82) is 0 Å². The number of anilines is 2. The van der Waals surface area contributed by atoms with Crippen LogP contribution in [0.5, 0.6) is 0 Å². The van der Waals surface area contributed by atoms with Crippen LogP contribution < -0.4 is 16.1 Å². The largest absolute Gasteiger partial charge is 0.332 e. The molecule has 30 heavy (non-hydrogen) atoms. The Hall–Kier alpha value is -2.83. The van der Waals surface area contributed by atoms with Gasteiger partial charge in [-0.25, -0.2) is 4.79 Å². The fourth-order valence-electron chi connectivity index (χ4n) is 4.41. The summed E-state index contributed by atoms with van der Waals surface area (Å²) in [7, 11) is 1.71. The smallest absolute Gasteiger partial charge is 0.312 e. The van der Waals surface area contributed by atoms with Gasteiger partial charge in [0.2, 0.25) is 5.95 Å². The molecule has 0 radical (unpaired) electrons. The summed E-state index contributed by atoms with van der Waals surface area (Å²) in [6.45, 7) is 12.5. The minimum absolute atomic E-state index is 0.234. The van der Waals surface area contributed by atoms with Crippen LogP contribution in [0.3, 0.4) is 0 Å². The Morgan fingerprint density at radius 1 is 1.10 bits per heavy atom. The standard InChI is InChI=1S/C23H31N5O2/c1-14(2)7-8-26-21(29)19-20(25(6)23(26)30)24-22-27(12-17(5)13-28(19)22)18-10-15(3)9-16(4)11-18/h9-11,14,17H,7-8,12-13H2,1-6H3. The number of rotatable bonds is 4. The summed E-state index contributed by atoms with van der Waals surface area (Å²) in [5.41, 5.74) is 3.90. The first kappa shape index (κ1) is 20.4. The molecule has 3 aromatic rings. The number of aryl methyl sites for hydroxylation is 3. The molecule has 0 saturated carbocycles. The van der Waals surface area contributed by atoms with Gasteiger partial charge in [0.05, 0.1) is 0 Å².